The van der Waals surface area contributed by atoms with Gasteiger partial charge in [0.15, 0.2) is 0 Å². The Kier molecular flexibility index (Phi) is 16.6. The van der Waals surface area contributed by atoms with Crippen LogP contribution >= 0.6 is 0 Å². The first-order valence-electron chi connectivity index (χ1n) is 9.12. The number of fused-ring (bicyclic) bond motifs is 3. The molecule has 2 aliphatic rings. The largest absolute Gasteiger partial charge is 0.478 e. The van der Waals surface area contributed by atoms with Gasteiger partial charge in [0.25, 0.3) is 0 Å². The number of hydrogen-bond donors (Lipinski definition) is 3. The molecule has 1 aromatic rings. The predicted octanol–water partition coefficient (Wildman–Crippen LogP) is 3.93. The summed E-state index contributed by atoms with van der Waals surface area (Å²) in [4.78, 5) is 27.8. The minimum atomic E-state index is -0.981. The van der Waals surface area contributed by atoms with E-state index in [9.17, 15) is 14.4 Å². The summed E-state index contributed by atoms with van der Waals surface area (Å²) in [6, 6.07) is 2.52. The fourth-order valence-corrected chi connectivity index (χ4v) is 3.08. The summed E-state index contributed by atoms with van der Waals surface area (Å²) in [5.41, 5.74) is 6.94. The number of carbonyl (C=O) groups is 3. The monoisotopic (exact) mass is 437 g/mol. The molecular weight excluding hydrogens is 408 g/mol. The van der Waals surface area contributed by atoms with Crippen LogP contribution in [0.2, 0.25) is 0 Å². The van der Waals surface area contributed by atoms with Crippen LogP contribution in [0.15, 0.2) is 44.0 Å². The second-order valence-corrected chi connectivity index (χ2v) is 6.19. The fraction of sp³-hybridized carbons (Fsp3) is 0.364. The van der Waals surface area contributed by atoms with Gasteiger partial charge in [0.05, 0.1) is 0 Å². The maximum Gasteiger partial charge on any atom is 0.327 e. The van der Waals surface area contributed by atoms with E-state index in [0.717, 1.165) is 18.2 Å². The van der Waals surface area contributed by atoms with E-state index < -0.39 is 17.9 Å². The number of carboxylic acid groups (broad SMARTS) is 3. The van der Waals surface area contributed by atoms with E-state index in [-0.39, 0.29) is 21.7 Å². The molecule has 0 saturated carbocycles. The molecule has 0 radical (unpaired) electrons. The Hall–Kier alpha value is -2.31. The van der Waals surface area contributed by atoms with E-state index in [0.29, 0.717) is 0 Å². The zero-order chi connectivity index (χ0) is 21.5. The minimum absolute atomic E-state index is 0. The Morgan fingerprint density at radius 2 is 0.897 bits per heavy atom. The van der Waals surface area contributed by atoms with Crippen molar-refractivity contribution in [3.8, 4) is 0 Å². The van der Waals surface area contributed by atoms with Crippen LogP contribution in [0, 0.1) is 0 Å². The quantitative estimate of drug-likeness (QED) is 0.375. The molecule has 0 atom stereocenters. The van der Waals surface area contributed by atoms with Gasteiger partial charge < -0.3 is 15.3 Å². The molecule has 0 aliphatic heterocycles. The van der Waals surface area contributed by atoms with E-state index in [1.807, 2.05) is 0 Å². The van der Waals surface area contributed by atoms with Crippen molar-refractivity contribution < 1.29 is 51.4 Å². The first-order chi connectivity index (χ1) is 13.3. The van der Waals surface area contributed by atoms with Gasteiger partial charge in [0.1, 0.15) is 0 Å². The molecule has 3 rings (SSSR count). The first kappa shape index (κ1) is 28.9. The van der Waals surface area contributed by atoms with E-state index in [1.165, 1.54) is 51.4 Å². The summed E-state index contributed by atoms with van der Waals surface area (Å²) in [5, 5.41) is 22.8. The van der Waals surface area contributed by atoms with Crippen LogP contribution in [0.5, 0.6) is 0 Å². The van der Waals surface area contributed by atoms with Crippen molar-refractivity contribution in [2.45, 2.75) is 51.4 Å². The van der Waals surface area contributed by atoms with E-state index in [1.54, 1.807) is 22.3 Å². The number of aryl methyl sites for hydroxylation is 2. The second-order valence-electron chi connectivity index (χ2n) is 6.19. The molecule has 0 bridgehead atoms. The topological polar surface area (TPSA) is 112 Å². The summed E-state index contributed by atoms with van der Waals surface area (Å²) < 4.78 is 0. The molecule has 0 saturated heterocycles. The molecule has 0 heterocycles. The molecule has 6 nitrogen and oxygen atoms in total. The van der Waals surface area contributed by atoms with Crippen LogP contribution in [0.25, 0.3) is 0 Å². The molecule has 0 fully saturated rings. The molecule has 3 N–H and O–H groups in total. The Morgan fingerprint density at radius 3 is 1.14 bits per heavy atom. The summed E-state index contributed by atoms with van der Waals surface area (Å²) in [6.07, 6.45) is 13.7. The SMILES string of the molecule is C=CC(=O)O.C=CC(=O)O.C=CC(=O)O.[Ti].[cH-]1c2c(c3c1CCCC3)CCCC2. The van der Waals surface area contributed by atoms with Gasteiger partial charge in [-0.3, -0.25) is 0 Å². The minimum Gasteiger partial charge on any atom is -0.478 e. The second kappa shape index (κ2) is 16.6. The maximum absolute atomic E-state index is 9.25. The summed E-state index contributed by atoms with van der Waals surface area (Å²) in [7, 11) is 0. The van der Waals surface area contributed by atoms with Gasteiger partial charge in [-0.25, -0.2) is 14.4 Å². The Balaban J connectivity index is 0. The van der Waals surface area contributed by atoms with Gasteiger partial charge in [0, 0.05) is 39.9 Å². The third kappa shape index (κ3) is 12.7. The van der Waals surface area contributed by atoms with Gasteiger partial charge in [-0.15, -0.1) is 0 Å². The molecule has 1 aromatic carbocycles. The number of rotatable bonds is 3. The molecule has 2 aliphatic carbocycles. The maximum atomic E-state index is 9.25. The summed E-state index contributed by atoms with van der Waals surface area (Å²) >= 11 is 0. The molecule has 0 unspecified atom stereocenters. The summed E-state index contributed by atoms with van der Waals surface area (Å²) in [5.74, 6) is -2.94. The van der Waals surface area contributed by atoms with E-state index in [2.05, 4.69) is 25.8 Å². The smallest absolute Gasteiger partial charge is 0.327 e. The Bertz CT molecular complexity index is 629. The van der Waals surface area contributed by atoms with Crippen molar-refractivity contribution in [2.24, 2.45) is 0 Å². The molecule has 0 aromatic heterocycles. The average Bonchev–Trinajstić information content (AvgIpc) is 3.08. The van der Waals surface area contributed by atoms with Gasteiger partial charge >= 0.3 is 17.9 Å². The van der Waals surface area contributed by atoms with Crippen molar-refractivity contribution in [1.29, 1.82) is 0 Å². The van der Waals surface area contributed by atoms with Crippen LogP contribution in [0.1, 0.15) is 47.9 Å². The van der Waals surface area contributed by atoms with Crippen LogP contribution in [0.3, 0.4) is 0 Å². The van der Waals surface area contributed by atoms with Crippen molar-refractivity contribution in [3.63, 3.8) is 0 Å². The summed E-state index contributed by atoms with van der Waals surface area (Å²) in [6.45, 7) is 8.88. The molecule has 7 heteroatoms. The standard InChI is InChI=1S/C13H17.3C3H4O2.Ti/c1-3-7-12-10(5-1)9-11-6-2-4-8-13(11)12;3*1-2-3(4)5;/h9H,1-8H2;3*2H,1H2,(H,4,5);/q-1;;;;. The zero-order valence-electron chi connectivity index (χ0n) is 16.7. The zero-order valence-corrected chi connectivity index (χ0v) is 18.2. The predicted molar refractivity (Wildman–Crippen MR) is 109 cm³/mol. The Morgan fingerprint density at radius 1 is 0.655 bits per heavy atom. The van der Waals surface area contributed by atoms with E-state index in [4.69, 9.17) is 15.3 Å². The first-order valence-corrected chi connectivity index (χ1v) is 9.12. The fourth-order valence-electron chi connectivity index (χ4n) is 3.08. The normalized spacial score (nSPS) is 12.7. The van der Waals surface area contributed by atoms with E-state index >= 15 is 0 Å². The molecule has 29 heavy (non-hydrogen) atoms. The van der Waals surface area contributed by atoms with Crippen molar-refractivity contribution in [2.75, 3.05) is 0 Å². The van der Waals surface area contributed by atoms with Gasteiger partial charge in [0.2, 0.25) is 0 Å². The molecular formula is C22H29O6Ti-. The molecule has 0 spiro atoms. The van der Waals surface area contributed by atoms with Crippen molar-refractivity contribution in [3.05, 3.63) is 66.3 Å². The molecule has 0 amide bonds. The third-order valence-electron chi connectivity index (χ3n) is 4.26. The van der Waals surface area contributed by atoms with Gasteiger partial charge in [-0.1, -0.05) is 71.1 Å². The van der Waals surface area contributed by atoms with Crippen LogP contribution in [0.4, 0.5) is 0 Å². The van der Waals surface area contributed by atoms with Crippen molar-refractivity contribution in [1.82, 2.24) is 0 Å². The number of hydrogen-bond acceptors (Lipinski definition) is 3. The van der Waals surface area contributed by atoms with Crippen LogP contribution < -0.4 is 0 Å². The third-order valence-corrected chi connectivity index (χ3v) is 4.26. The van der Waals surface area contributed by atoms with Crippen molar-refractivity contribution >= 4 is 17.9 Å². The van der Waals surface area contributed by atoms with Gasteiger partial charge in [-0.05, 0) is 0 Å². The molecule has 158 valence electrons. The number of aliphatic carboxylic acids is 3. The van der Waals surface area contributed by atoms with Gasteiger partial charge in [-0.2, -0.15) is 28.3 Å². The van der Waals surface area contributed by atoms with Crippen LogP contribution in [-0.4, -0.2) is 33.2 Å². The van der Waals surface area contributed by atoms with Crippen LogP contribution in [-0.2, 0) is 61.8 Å². The number of carboxylic acids is 3. The average molecular weight is 437 g/mol. The Labute approximate surface area is 186 Å².